The van der Waals surface area contributed by atoms with Gasteiger partial charge in [0.15, 0.2) is 30.2 Å². The molecule has 3 spiro atoms. The first-order valence-corrected chi connectivity index (χ1v) is 21.1. The van der Waals surface area contributed by atoms with Crippen molar-refractivity contribution in [3.63, 3.8) is 0 Å². The summed E-state index contributed by atoms with van der Waals surface area (Å²) in [6.07, 6.45) is 0.551. The number of hydrogen-bond acceptors (Lipinski definition) is 14. The number of carbonyl (C=O) groups excluding carboxylic acids is 5. The predicted octanol–water partition coefficient (Wildman–Crippen LogP) is 4.95. The molecule has 0 aromatic carbocycles. The minimum absolute atomic E-state index is 0.0143. The van der Waals surface area contributed by atoms with Crippen molar-refractivity contribution in [3.05, 3.63) is 0 Å². The van der Waals surface area contributed by atoms with Gasteiger partial charge in [-0.2, -0.15) is 0 Å². The van der Waals surface area contributed by atoms with Crippen LogP contribution in [-0.4, -0.2) is 96.9 Å². The van der Waals surface area contributed by atoms with E-state index in [1.54, 1.807) is 0 Å². The number of carbonyl (C=O) groups is 5. The van der Waals surface area contributed by atoms with Crippen LogP contribution in [0.4, 0.5) is 0 Å². The number of esters is 4. The second-order valence-electron chi connectivity index (χ2n) is 20.5. The van der Waals surface area contributed by atoms with E-state index in [0.717, 1.165) is 32.1 Å². The molecule has 14 heteroatoms. The van der Waals surface area contributed by atoms with E-state index in [9.17, 15) is 19.2 Å². The summed E-state index contributed by atoms with van der Waals surface area (Å²) in [7, 11) is 0. The van der Waals surface area contributed by atoms with Crippen molar-refractivity contribution in [1.82, 2.24) is 0 Å². The lowest BCUT2D eigenvalue weighted by Crippen LogP contribution is -2.63. The standard InChI is InChI=1S/C43H60O14/c1-20-15-43(35-40(10,56-35)36(57-43)53-24(5)47)55-25-16-38(8)28-12-11-27-37(6,7)30(13-14-41(27)19-42(28,41)17-29(48)39(38,9)31(20)25)54-34-33(52-23(4)46)32(51-22(3)45)26(18-49-34)50-21(2)44/h20,25-28,30-36H,11-19H2,1-10H3/t20-,25+,26-,27+,28+,30+,31+,32+,33-,34+,35-,36?,38+,39-,40+,41-,42+,43-/m1/s1. The first-order chi connectivity index (χ1) is 26.6. The van der Waals surface area contributed by atoms with Gasteiger partial charge in [0, 0.05) is 51.9 Å². The van der Waals surface area contributed by atoms with Crippen LogP contribution in [0.3, 0.4) is 0 Å². The van der Waals surface area contributed by atoms with Gasteiger partial charge < -0.3 is 42.6 Å². The zero-order valence-electron chi connectivity index (χ0n) is 35.0. The van der Waals surface area contributed by atoms with Gasteiger partial charge >= 0.3 is 23.9 Å². The third-order valence-corrected chi connectivity index (χ3v) is 17.3. The van der Waals surface area contributed by atoms with Gasteiger partial charge in [0.1, 0.15) is 11.9 Å². The number of epoxide rings is 1. The van der Waals surface area contributed by atoms with E-state index < -0.39 is 71.6 Å². The fraction of sp³-hybridized carbons (Fsp3) is 0.884. The normalized spacial score (nSPS) is 53.5. The van der Waals surface area contributed by atoms with Gasteiger partial charge in [-0.1, -0.05) is 34.6 Å². The topological polar surface area (TPSA) is 172 Å². The van der Waals surface area contributed by atoms with Gasteiger partial charge in [-0.25, -0.2) is 0 Å². The molecule has 1 unspecified atom stereocenters. The summed E-state index contributed by atoms with van der Waals surface area (Å²) in [6.45, 7) is 18.3. The molecule has 4 saturated heterocycles. The second-order valence-corrected chi connectivity index (χ2v) is 20.5. The van der Waals surface area contributed by atoms with E-state index in [1.165, 1.54) is 27.7 Å². The molecule has 57 heavy (non-hydrogen) atoms. The fourth-order valence-corrected chi connectivity index (χ4v) is 15.2. The van der Waals surface area contributed by atoms with Gasteiger partial charge in [0.05, 0.1) is 18.8 Å². The average molecular weight is 801 g/mol. The Morgan fingerprint density at radius 1 is 0.737 bits per heavy atom. The number of fused-ring (bicyclic) bond motifs is 6. The second kappa shape index (κ2) is 12.5. The number of rotatable bonds is 6. The predicted molar refractivity (Wildman–Crippen MR) is 195 cm³/mol. The Kier molecular flexibility index (Phi) is 8.69. The van der Waals surface area contributed by atoms with Gasteiger partial charge in [0.2, 0.25) is 12.1 Å². The lowest BCUT2D eigenvalue weighted by atomic mass is 9.41. The molecule has 316 valence electrons. The van der Waals surface area contributed by atoms with E-state index >= 15 is 4.79 Å². The Morgan fingerprint density at radius 2 is 1.39 bits per heavy atom. The van der Waals surface area contributed by atoms with Gasteiger partial charge in [-0.05, 0) is 84.9 Å². The van der Waals surface area contributed by atoms with E-state index in [0.29, 0.717) is 31.0 Å². The van der Waals surface area contributed by atoms with Crippen LogP contribution >= 0.6 is 0 Å². The van der Waals surface area contributed by atoms with Crippen molar-refractivity contribution < 1.29 is 66.6 Å². The maximum atomic E-state index is 15.1. The molecule has 9 rings (SSSR count). The monoisotopic (exact) mass is 800 g/mol. The van der Waals surface area contributed by atoms with Crippen molar-refractivity contribution in [2.24, 2.45) is 50.7 Å². The smallest absolute Gasteiger partial charge is 0.305 e. The molecule has 4 heterocycles. The minimum Gasteiger partial charge on any atom is -0.456 e. The van der Waals surface area contributed by atoms with Crippen molar-refractivity contribution in [3.8, 4) is 0 Å². The molecule has 14 nitrogen and oxygen atoms in total. The van der Waals surface area contributed by atoms with Crippen LogP contribution < -0.4 is 0 Å². The highest BCUT2D eigenvalue weighted by Gasteiger charge is 2.87. The van der Waals surface area contributed by atoms with E-state index in [2.05, 4.69) is 34.6 Å². The first kappa shape index (κ1) is 39.8. The SMILES string of the molecule is CC(=O)OC1O[C@]2(C[C@@H](C)[C@H]3[C@H](C[C@@]4(C)[C@@H]5CC[C@H]6C(C)(C)[C@@H](O[C@@H]7OC[C@@H](OC(C)=O)[C@H](OC(C)=O)[C@H]7OC(C)=O)CC[C@@]67C[C@@]57CC(=O)[C@]34C)O2)[C@@H]2O[C@]12C. The van der Waals surface area contributed by atoms with Gasteiger partial charge in [-0.3, -0.25) is 24.0 Å². The Morgan fingerprint density at radius 3 is 2.05 bits per heavy atom. The third kappa shape index (κ3) is 5.27. The van der Waals surface area contributed by atoms with Crippen molar-refractivity contribution in [2.45, 2.75) is 181 Å². The molecule has 0 radical (unpaired) electrons. The van der Waals surface area contributed by atoms with Crippen molar-refractivity contribution in [2.75, 3.05) is 6.61 Å². The van der Waals surface area contributed by atoms with E-state index in [-0.39, 0.29) is 64.3 Å². The molecule has 0 aromatic heterocycles. The Bertz CT molecular complexity index is 1780. The highest BCUT2D eigenvalue weighted by Crippen LogP contribution is 2.89. The molecule has 0 bridgehead atoms. The number of Topliss-reactive ketones (excluding diaryl/α,β-unsaturated/α-hetero) is 1. The van der Waals surface area contributed by atoms with Crippen LogP contribution in [0.1, 0.15) is 121 Å². The lowest BCUT2D eigenvalue weighted by Gasteiger charge is -2.62. The van der Waals surface area contributed by atoms with Gasteiger partial charge in [-0.15, -0.1) is 0 Å². The molecule has 18 atom stereocenters. The number of ether oxygens (including phenoxy) is 9. The highest BCUT2D eigenvalue weighted by atomic mass is 16.9. The molecule has 9 aliphatic rings. The molecule has 9 fully saturated rings. The van der Waals surface area contributed by atoms with Crippen LogP contribution in [0.15, 0.2) is 0 Å². The number of ketones is 1. The summed E-state index contributed by atoms with van der Waals surface area (Å²) in [5.41, 5.74) is -2.06. The Balaban J connectivity index is 0.959. The zero-order valence-corrected chi connectivity index (χ0v) is 35.0. The molecular weight excluding hydrogens is 740 g/mol. The maximum Gasteiger partial charge on any atom is 0.305 e. The Hall–Kier alpha value is -2.65. The molecule has 4 aliphatic heterocycles. The van der Waals surface area contributed by atoms with Crippen LogP contribution in [-0.2, 0) is 66.6 Å². The number of hydrogen-bond donors (Lipinski definition) is 0. The summed E-state index contributed by atoms with van der Waals surface area (Å²) in [5.74, 6) is -2.13. The third-order valence-electron chi connectivity index (χ3n) is 17.3. The van der Waals surface area contributed by atoms with Crippen molar-refractivity contribution >= 4 is 29.7 Å². The average Bonchev–Trinajstić information content (AvgIpc) is 3.93. The lowest BCUT2D eigenvalue weighted by molar-refractivity contribution is -0.344. The summed E-state index contributed by atoms with van der Waals surface area (Å²) >= 11 is 0. The first-order valence-electron chi connectivity index (χ1n) is 21.1. The van der Waals surface area contributed by atoms with Crippen LogP contribution in [0.25, 0.3) is 0 Å². The molecule has 0 aromatic rings. The van der Waals surface area contributed by atoms with E-state index in [1.807, 2.05) is 6.92 Å². The maximum absolute atomic E-state index is 15.1. The molecule has 5 saturated carbocycles. The summed E-state index contributed by atoms with van der Waals surface area (Å²) in [4.78, 5) is 63.5. The highest BCUT2D eigenvalue weighted by molar-refractivity contribution is 5.89. The van der Waals surface area contributed by atoms with Crippen LogP contribution in [0.5, 0.6) is 0 Å². The summed E-state index contributed by atoms with van der Waals surface area (Å²) in [6, 6.07) is 0. The minimum atomic E-state index is -1.15. The van der Waals surface area contributed by atoms with Crippen LogP contribution in [0.2, 0.25) is 0 Å². The quantitative estimate of drug-likeness (QED) is 0.153. The Labute approximate surface area is 334 Å². The molecule has 0 amide bonds. The largest absolute Gasteiger partial charge is 0.456 e. The zero-order chi connectivity index (χ0) is 41.0. The molecule has 0 N–H and O–H groups in total. The van der Waals surface area contributed by atoms with Gasteiger partial charge in [0.25, 0.3) is 0 Å². The molecule has 5 aliphatic carbocycles. The van der Waals surface area contributed by atoms with Crippen LogP contribution in [0, 0.1) is 50.7 Å². The van der Waals surface area contributed by atoms with E-state index in [4.69, 9.17) is 42.6 Å². The van der Waals surface area contributed by atoms with Crippen molar-refractivity contribution in [1.29, 1.82) is 0 Å². The fourth-order valence-electron chi connectivity index (χ4n) is 15.2. The molecular formula is C43H60O14. The summed E-state index contributed by atoms with van der Waals surface area (Å²) < 4.78 is 54.9. The summed E-state index contributed by atoms with van der Waals surface area (Å²) in [5, 5.41) is 0.